The van der Waals surface area contributed by atoms with E-state index in [0.29, 0.717) is 19.6 Å². The van der Waals surface area contributed by atoms with E-state index in [1.165, 1.54) is 0 Å². The van der Waals surface area contributed by atoms with Gasteiger partial charge in [-0.05, 0) is 0 Å². The largest absolute Gasteiger partial charge is 0.481 e. The number of hydrogen-bond acceptors (Lipinski definition) is 4. The van der Waals surface area contributed by atoms with Gasteiger partial charge in [-0.25, -0.2) is 8.78 Å². The van der Waals surface area contributed by atoms with E-state index < -0.39 is 24.5 Å². The van der Waals surface area contributed by atoms with Gasteiger partial charge in [0.15, 0.2) is 0 Å². The zero-order chi connectivity index (χ0) is 12.0. The SMILES string of the molecule is O=C(O)CC1(NCCOCC(F)F)CNC1. The molecule has 1 heterocycles. The molecule has 0 spiro atoms. The Labute approximate surface area is 92.2 Å². The van der Waals surface area contributed by atoms with Gasteiger partial charge in [-0.1, -0.05) is 0 Å². The van der Waals surface area contributed by atoms with Crippen LogP contribution in [0.25, 0.3) is 0 Å². The minimum absolute atomic E-state index is 0.0227. The molecule has 1 aliphatic rings. The highest BCUT2D eigenvalue weighted by atomic mass is 19.3. The van der Waals surface area contributed by atoms with Crippen molar-refractivity contribution in [1.82, 2.24) is 10.6 Å². The van der Waals surface area contributed by atoms with Gasteiger partial charge in [0.25, 0.3) is 6.43 Å². The Morgan fingerprint density at radius 1 is 1.56 bits per heavy atom. The van der Waals surface area contributed by atoms with Gasteiger partial charge in [-0.2, -0.15) is 0 Å². The molecule has 1 rings (SSSR count). The Kier molecular flexibility index (Phi) is 5.04. The lowest BCUT2D eigenvalue weighted by molar-refractivity contribution is -0.139. The lowest BCUT2D eigenvalue weighted by Gasteiger charge is -2.42. The van der Waals surface area contributed by atoms with E-state index in [4.69, 9.17) is 5.11 Å². The molecule has 1 aliphatic heterocycles. The summed E-state index contributed by atoms with van der Waals surface area (Å²) in [5, 5.41) is 14.7. The standard InChI is InChI=1S/C9H16F2N2O3/c10-7(11)4-16-2-1-13-9(3-8(14)15)5-12-6-9/h7,12-13H,1-6H2,(H,14,15). The normalized spacial score (nSPS) is 18.4. The maximum atomic E-state index is 11.7. The molecule has 7 heteroatoms. The van der Waals surface area contributed by atoms with Gasteiger partial charge in [0.1, 0.15) is 6.61 Å². The van der Waals surface area contributed by atoms with E-state index in [-0.39, 0.29) is 13.0 Å². The molecular formula is C9H16F2N2O3. The van der Waals surface area contributed by atoms with Gasteiger partial charge >= 0.3 is 5.97 Å². The molecule has 0 aromatic heterocycles. The maximum Gasteiger partial charge on any atom is 0.305 e. The number of carbonyl (C=O) groups is 1. The number of aliphatic carboxylic acids is 1. The Bertz CT molecular complexity index is 235. The van der Waals surface area contributed by atoms with Crippen LogP contribution in [0.1, 0.15) is 6.42 Å². The third kappa shape index (κ3) is 4.38. The minimum atomic E-state index is -2.46. The Balaban J connectivity index is 2.12. The summed E-state index contributed by atoms with van der Waals surface area (Å²) in [5.41, 5.74) is -0.444. The average Bonchev–Trinajstić information content (AvgIpc) is 2.11. The van der Waals surface area contributed by atoms with Crippen molar-refractivity contribution in [1.29, 1.82) is 0 Å². The predicted octanol–water partition coefficient (Wildman–Crippen LogP) is -0.326. The number of rotatable bonds is 8. The summed E-state index contributed by atoms with van der Waals surface area (Å²) in [5.74, 6) is -0.873. The number of nitrogens with one attached hydrogen (secondary N) is 2. The maximum absolute atomic E-state index is 11.7. The number of carboxylic acids is 1. The first-order chi connectivity index (χ1) is 7.54. The summed E-state index contributed by atoms with van der Waals surface area (Å²) in [6.45, 7) is 1.11. The monoisotopic (exact) mass is 238 g/mol. The molecule has 0 amide bonds. The van der Waals surface area contributed by atoms with Crippen LogP contribution in [0.5, 0.6) is 0 Å². The molecule has 0 atom stereocenters. The molecular weight excluding hydrogens is 222 g/mol. The zero-order valence-corrected chi connectivity index (χ0v) is 8.84. The molecule has 5 nitrogen and oxygen atoms in total. The van der Waals surface area contributed by atoms with Crippen LogP contribution >= 0.6 is 0 Å². The van der Waals surface area contributed by atoms with Crippen molar-refractivity contribution in [3.05, 3.63) is 0 Å². The van der Waals surface area contributed by atoms with Crippen molar-refractivity contribution in [2.75, 3.05) is 32.8 Å². The highest BCUT2D eigenvalue weighted by Gasteiger charge is 2.38. The molecule has 1 saturated heterocycles. The van der Waals surface area contributed by atoms with Crippen molar-refractivity contribution >= 4 is 5.97 Å². The second kappa shape index (κ2) is 6.07. The third-order valence-corrected chi connectivity index (χ3v) is 2.41. The first-order valence-electron chi connectivity index (χ1n) is 5.07. The van der Waals surface area contributed by atoms with E-state index >= 15 is 0 Å². The first kappa shape index (κ1) is 13.3. The van der Waals surface area contributed by atoms with E-state index in [9.17, 15) is 13.6 Å². The molecule has 94 valence electrons. The summed E-state index contributed by atoms with van der Waals surface area (Å²) in [6, 6.07) is 0. The molecule has 1 fully saturated rings. The Morgan fingerprint density at radius 2 is 2.25 bits per heavy atom. The van der Waals surface area contributed by atoms with Crippen molar-refractivity contribution < 1.29 is 23.4 Å². The Hall–Kier alpha value is -0.790. The fourth-order valence-electron chi connectivity index (χ4n) is 1.59. The number of ether oxygens (including phenoxy) is 1. The molecule has 0 unspecified atom stereocenters. The van der Waals surface area contributed by atoms with Crippen LogP contribution in [-0.2, 0) is 9.53 Å². The van der Waals surface area contributed by atoms with Gasteiger partial charge in [0.05, 0.1) is 18.6 Å². The van der Waals surface area contributed by atoms with Gasteiger partial charge in [-0.15, -0.1) is 0 Å². The summed E-state index contributed by atoms with van der Waals surface area (Å²) in [7, 11) is 0. The first-order valence-corrected chi connectivity index (χ1v) is 5.07. The molecule has 0 aromatic carbocycles. The number of halogens is 2. The number of alkyl halides is 2. The molecule has 0 aromatic rings. The third-order valence-electron chi connectivity index (χ3n) is 2.41. The van der Waals surface area contributed by atoms with Gasteiger partial charge in [0, 0.05) is 19.6 Å². The molecule has 0 saturated carbocycles. The van der Waals surface area contributed by atoms with E-state index in [2.05, 4.69) is 15.4 Å². The molecule has 3 N–H and O–H groups in total. The van der Waals surface area contributed by atoms with Crippen LogP contribution < -0.4 is 10.6 Å². The second-order valence-electron chi connectivity index (χ2n) is 3.85. The van der Waals surface area contributed by atoms with Gasteiger partial charge in [-0.3, -0.25) is 4.79 Å². The molecule has 0 bridgehead atoms. The summed E-state index contributed by atoms with van der Waals surface area (Å²) >= 11 is 0. The zero-order valence-electron chi connectivity index (χ0n) is 8.84. The van der Waals surface area contributed by atoms with E-state index in [1.54, 1.807) is 0 Å². The summed E-state index contributed by atoms with van der Waals surface area (Å²) in [6.07, 6.45) is -2.44. The lowest BCUT2D eigenvalue weighted by atomic mass is 9.88. The Morgan fingerprint density at radius 3 is 2.69 bits per heavy atom. The van der Waals surface area contributed by atoms with Crippen molar-refractivity contribution in [3.63, 3.8) is 0 Å². The van der Waals surface area contributed by atoms with E-state index in [1.807, 2.05) is 0 Å². The van der Waals surface area contributed by atoms with Crippen molar-refractivity contribution in [3.8, 4) is 0 Å². The topological polar surface area (TPSA) is 70.6 Å². The van der Waals surface area contributed by atoms with E-state index in [0.717, 1.165) is 0 Å². The minimum Gasteiger partial charge on any atom is -0.481 e. The quantitative estimate of drug-likeness (QED) is 0.505. The molecule has 0 aliphatic carbocycles. The fourth-order valence-corrected chi connectivity index (χ4v) is 1.59. The van der Waals surface area contributed by atoms with Crippen molar-refractivity contribution in [2.24, 2.45) is 0 Å². The predicted molar refractivity (Wildman–Crippen MR) is 52.7 cm³/mol. The molecule has 0 radical (unpaired) electrons. The van der Waals surface area contributed by atoms with Crippen LogP contribution in [-0.4, -0.2) is 55.9 Å². The highest BCUT2D eigenvalue weighted by molar-refractivity contribution is 5.68. The van der Waals surface area contributed by atoms with Gasteiger partial charge < -0.3 is 20.5 Å². The summed E-state index contributed by atoms with van der Waals surface area (Å²) < 4.78 is 28.1. The van der Waals surface area contributed by atoms with Crippen molar-refractivity contribution in [2.45, 2.75) is 18.4 Å². The van der Waals surface area contributed by atoms with Crippen LogP contribution in [0.3, 0.4) is 0 Å². The fraction of sp³-hybridized carbons (Fsp3) is 0.889. The summed E-state index contributed by atoms with van der Waals surface area (Å²) in [4.78, 5) is 10.6. The second-order valence-corrected chi connectivity index (χ2v) is 3.85. The highest BCUT2D eigenvalue weighted by Crippen LogP contribution is 2.15. The number of hydrogen-bond donors (Lipinski definition) is 3. The molecule has 16 heavy (non-hydrogen) atoms. The van der Waals surface area contributed by atoms with Gasteiger partial charge in [0.2, 0.25) is 0 Å². The number of carboxylic acid groups (broad SMARTS) is 1. The van der Waals surface area contributed by atoms with Crippen LogP contribution in [0, 0.1) is 0 Å². The smallest absolute Gasteiger partial charge is 0.305 e. The lowest BCUT2D eigenvalue weighted by Crippen LogP contribution is -2.68. The van der Waals surface area contributed by atoms with Crippen LogP contribution in [0.4, 0.5) is 8.78 Å². The van der Waals surface area contributed by atoms with Crippen LogP contribution in [0.2, 0.25) is 0 Å². The average molecular weight is 238 g/mol. The van der Waals surface area contributed by atoms with Crippen LogP contribution in [0.15, 0.2) is 0 Å².